The molecule has 1 fully saturated rings. The van der Waals surface area contributed by atoms with Crippen LogP contribution in [0, 0.1) is 0 Å². The third-order valence-electron chi connectivity index (χ3n) is 4.02. The summed E-state index contributed by atoms with van der Waals surface area (Å²) in [7, 11) is -3.40. The summed E-state index contributed by atoms with van der Waals surface area (Å²) in [6.07, 6.45) is 2.95. The van der Waals surface area contributed by atoms with Gasteiger partial charge in [0.1, 0.15) is 5.75 Å². The molecule has 0 unspecified atom stereocenters. The van der Waals surface area contributed by atoms with Gasteiger partial charge >= 0.3 is 0 Å². The molecule has 0 aliphatic carbocycles. The van der Waals surface area contributed by atoms with Gasteiger partial charge in [0.15, 0.2) is 0 Å². The summed E-state index contributed by atoms with van der Waals surface area (Å²) in [6.45, 7) is 1.20. The normalized spacial score (nSPS) is 16.5. The van der Waals surface area contributed by atoms with Crippen LogP contribution in [0.3, 0.4) is 0 Å². The Balaban J connectivity index is 1.89. The lowest BCUT2D eigenvalue weighted by Crippen LogP contribution is -2.35. The Morgan fingerprint density at radius 1 is 0.864 bits per heavy atom. The van der Waals surface area contributed by atoms with Gasteiger partial charge in [-0.15, -0.1) is 0 Å². The topological polar surface area (TPSA) is 57.6 Å². The van der Waals surface area contributed by atoms with Crippen LogP contribution in [0.25, 0.3) is 11.1 Å². The van der Waals surface area contributed by atoms with E-state index in [0.29, 0.717) is 23.5 Å². The number of benzene rings is 2. The molecule has 3 rings (SSSR count). The Morgan fingerprint density at radius 3 is 2.14 bits per heavy atom. The molecule has 1 aliphatic rings. The molecule has 2 aromatic rings. The van der Waals surface area contributed by atoms with E-state index in [-0.39, 0.29) is 5.75 Å². The van der Waals surface area contributed by atoms with Crippen LogP contribution in [-0.4, -0.2) is 30.9 Å². The first-order valence-corrected chi connectivity index (χ1v) is 8.91. The van der Waals surface area contributed by atoms with Crippen molar-refractivity contribution in [1.29, 1.82) is 0 Å². The van der Waals surface area contributed by atoms with E-state index in [4.69, 9.17) is 0 Å². The first-order valence-electron chi connectivity index (χ1n) is 7.47. The van der Waals surface area contributed by atoms with Crippen molar-refractivity contribution < 1.29 is 13.5 Å². The summed E-state index contributed by atoms with van der Waals surface area (Å²) in [4.78, 5) is 0.313. The third-order valence-corrected chi connectivity index (χ3v) is 5.94. The van der Waals surface area contributed by atoms with Gasteiger partial charge in [-0.1, -0.05) is 36.8 Å². The predicted octanol–water partition coefficient (Wildman–Crippen LogP) is 3.23. The molecule has 0 bridgehead atoms. The molecule has 0 aromatic heterocycles. The molecule has 0 radical (unpaired) electrons. The van der Waals surface area contributed by atoms with Gasteiger partial charge in [0.25, 0.3) is 0 Å². The summed E-state index contributed by atoms with van der Waals surface area (Å²) >= 11 is 0. The first kappa shape index (κ1) is 15.1. The number of hydrogen-bond donors (Lipinski definition) is 1. The summed E-state index contributed by atoms with van der Waals surface area (Å²) in [6, 6.07) is 13.7. The minimum atomic E-state index is -3.40. The van der Waals surface area contributed by atoms with Gasteiger partial charge < -0.3 is 5.11 Å². The van der Waals surface area contributed by atoms with E-state index in [2.05, 4.69) is 0 Å². The van der Waals surface area contributed by atoms with E-state index in [1.165, 1.54) is 0 Å². The third kappa shape index (κ3) is 2.87. The minimum absolute atomic E-state index is 0.189. The van der Waals surface area contributed by atoms with E-state index in [9.17, 15) is 13.5 Å². The maximum atomic E-state index is 12.6. The standard InChI is InChI=1S/C17H19NO3S/c19-17-7-3-2-6-16(17)14-8-10-15(11-9-14)22(20,21)18-12-4-1-5-13-18/h2-3,6-11,19H,1,4-5,12-13H2. The van der Waals surface area contributed by atoms with E-state index in [0.717, 1.165) is 24.8 Å². The lowest BCUT2D eigenvalue weighted by molar-refractivity contribution is 0.346. The van der Waals surface area contributed by atoms with Crippen LogP contribution in [0.15, 0.2) is 53.4 Å². The minimum Gasteiger partial charge on any atom is -0.507 e. The smallest absolute Gasteiger partial charge is 0.243 e. The molecule has 0 spiro atoms. The summed E-state index contributed by atoms with van der Waals surface area (Å²) in [5, 5.41) is 9.87. The number of para-hydroxylation sites is 1. The molecule has 2 aromatic carbocycles. The average Bonchev–Trinajstić information content (AvgIpc) is 2.56. The molecular formula is C17H19NO3S. The zero-order chi connectivity index (χ0) is 15.6. The molecule has 0 amide bonds. The van der Waals surface area contributed by atoms with Crippen molar-refractivity contribution in [3.63, 3.8) is 0 Å². The van der Waals surface area contributed by atoms with Gasteiger partial charge in [-0.2, -0.15) is 4.31 Å². The van der Waals surface area contributed by atoms with Gasteiger partial charge in [-0.25, -0.2) is 8.42 Å². The van der Waals surface area contributed by atoms with Crippen molar-refractivity contribution in [3.05, 3.63) is 48.5 Å². The molecule has 1 saturated heterocycles. The van der Waals surface area contributed by atoms with Gasteiger partial charge in [-0.3, -0.25) is 0 Å². The monoisotopic (exact) mass is 317 g/mol. The SMILES string of the molecule is O=S(=O)(c1ccc(-c2ccccc2O)cc1)N1CCCCC1. The maximum absolute atomic E-state index is 12.6. The molecule has 116 valence electrons. The van der Waals surface area contributed by atoms with Crippen LogP contribution in [0.2, 0.25) is 0 Å². The number of hydrogen-bond acceptors (Lipinski definition) is 3. The Bertz CT molecular complexity index is 748. The molecule has 1 aliphatic heterocycles. The lowest BCUT2D eigenvalue weighted by Gasteiger charge is -2.25. The zero-order valence-corrected chi connectivity index (χ0v) is 13.1. The van der Waals surface area contributed by atoms with Crippen LogP contribution in [-0.2, 0) is 10.0 Å². The number of nitrogens with zero attached hydrogens (tertiary/aromatic N) is 1. The van der Waals surface area contributed by atoms with Gasteiger partial charge in [0, 0.05) is 18.7 Å². The van der Waals surface area contributed by atoms with E-state index >= 15 is 0 Å². The Morgan fingerprint density at radius 2 is 1.50 bits per heavy atom. The molecule has 4 nitrogen and oxygen atoms in total. The second-order valence-electron chi connectivity index (χ2n) is 5.51. The van der Waals surface area contributed by atoms with E-state index < -0.39 is 10.0 Å². The highest BCUT2D eigenvalue weighted by atomic mass is 32.2. The first-order chi connectivity index (χ1) is 10.6. The molecule has 5 heteroatoms. The van der Waals surface area contributed by atoms with Crippen molar-refractivity contribution >= 4 is 10.0 Å². The Hall–Kier alpha value is -1.85. The zero-order valence-electron chi connectivity index (χ0n) is 12.3. The van der Waals surface area contributed by atoms with Crippen molar-refractivity contribution in [1.82, 2.24) is 4.31 Å². The number of phenols is 1. The van der Waals surface area contributed by atoms with Crippen LogP contribution in [0.1, 0.15) is 19.3 Å². The van der Waals surface area contributed by atoms with Crippen molar-refractivity contribution in [2.45, 2.75) is 24.2 Å². The second kappa shape index (κ2) is 6.10. The summed E-state index contributed by atoms with van der Waals surface area (Å²) in [5.41, 5.74) is 1.50. The molecule has 1 N–H and O–H groups in total. The number of rotatable bonds is 3. The highest BCUT2D eigenvalue weighted by molar-refractivity contribution is 7.89. The molecular weight excluding hydrogens is 298 g/mol. The van der Waals surface area contributed by atoms with Crippen molar-refractivity contribution in [2.75, 3.05) is 13.1 Å². The van der Waals surface area contributed by atoms with Gasteiger partial charge in [0.2, 0.25) is 10.0 Å². The van der Waals surface area contributed by atoms with Crippen LogP contribution in [0.5, 0.6) is 5.75 Å². The van der Waals surface area contributed by atoms with Crippen LogP contribution < -0.4 is 0 Å². The van der Waals surface area contributed by atoms with Gasteiger partial charge in [0.05, 0.1) is 4.90 Å². The van der Waals surface area contributed by atoms with Crippen LogP contribution in [0.4, 0.5) is 0 Å². The summed E-state index contributed by atoms with van der Waals surface area (Å²) in [5.74, 6) is 0.189. The fourth-order valence-electron chi connectivity index (χ4n) is 2.78. The second-order valence-corrected chi connectivity index (χ2v) is 7.44. The molecule has 22 heavy (non-hydrogen) atoms. The van der Waals surface area contributed by atoms with Crippen molar-refractivity contribution in [3.8, 4) is 16.9 Å². The maximum Gasteiger partial charge on any atom is 0.243 e. The fourth-order valence-corrected chi connectivity index (χ4v) is 4.30. The van der Waals surface area contributed by atoms with Crippen LogP contribution >= 0.6 is 0 Å². The molecule has 1 heterocycles. The number of aromatic hydroxyl groups is 1. The fraction of sp³-hybridized carbons (Fsp3) is 0.294. The lowest BCUT2D eigenvalue weighted by atomic mass is 10.1. The number of piperidine rings is 1. The average molecular weight is 317 g/mol. The highest BCUT2D eigenvalue weighted by Crippen LogP contribution is 2.30. The predicted molar refractivity (Wildman–Crippen MR) is 86.2 cm³/mol. The highest BCUT2D eigenvalue weighted by Gasteiger charge is 2.25. The molecule has 0 atom stereocenters. The number of phenolic OH excluding ortho intramolecular Hbond substituents is 1. The van der Waals surface area contributed by atoms with E-state index in [1.54, 1.807) is 40.7 Å². The van der Waals surface area contributed by atoms with Gasteiger partial charge in [-0.05, 0) is 36.6 Å². The summed E-state index contributed by atoms with van der Waals surface area (Å²) < 4.78 is 26.7. The largest absolute Gasteiger partial charge is 0.507 e. The Labute approximate surface area is 131 Å². The quantitative estimate of drug-likeness (QED) is 0.945. The number of sulfonamides is 1. The Kier molecular flexibility index (Phi) is 4.18. The molecule has 0 saturated carbocycles. The van der Waals surface area contributed by atoms with E-state index in [1.807, 2.05) is 12.1 Å². The van der Waals surface area contributed by atoms with Crippen molar-refractivity contribution in [2.24, 2.45) is 0 Å².